The predicted molar refractivity (Wildman–Crippen MR) is 131 cm³/mol. The van der Waals surface area contributed by atoms with Gasteiger partial charge in [0.05, 0.1) is 36.8 Å². The van der Waals surface area contributed by atoms with Crippen LogP contribution in [0.15, 0.2) is 77.7 Å². The zero-order valence-electron chi connectivity index (χ0n) is 20.0. The number of amides is 2. The van der Waals surface area contributed by atoms with Crippen LogP contribution in [0.1, 0.15) is 22.3 Å². The zero-order valence-corrected chi connectivity index (χ0v) is 20.8. The lowest BCUT2D eigenvalue weighted by atomic mass is 10.2. The summed E-state index contributed by atoms with van der Waals surface area (Å²) in [6, 6.07) is 15.1. The molecule has 0 spiro atoms. The number of nitrogens with zero attached hydrogens (tertiary/aromatic N) is 2. The van der Waals surface area contributed by atoms with Crippen molar-refractivity contribution in [3.63, 3.8) is 0 Å². The number of anilines is 1. The van der Waals surface area contributed by atoms with Gasteiger partial charge in [0.15, 0.2) is 0 Å². The van der Waals surface area contributed by atoms with Gasteiger partial charge in [-0.15, -0.1) is 0 Å². The lowest BCUT2D eigenvalue weighted by Gasteiger charge is -2.27. The molecule has 0 aromatic heterocycles. The first-order valence-electron chi connectivity index (χ1n) is 11.1. The summed E-state index contributed by atoms with van der Waals surface area (Å²) < 4.78 is 51.6. The molecule has 1 fully saturated rings. The van der Waals surface area contributed by atoms with Gasteiger partial charge in [0, 0.05) is 6.54 Å². The van der Waals surface area contributed by atoms with Crippen LogP contribution in [0.2, 0.25) is 0 Å². The molecule has 0 N–H and O–H groups in total. The molecular weight excluding hydrogens is 503 g/mol. The average molecular weight is 527 g/mol. The normalized spacial score (nSPS) is 15.8. The van der Waals surface area contributed by atoms with Gasteiger partial charge in [-0.3, -0.25) is 9.59 Å². The molecule has 1 aliphatic heterocycles. The molecule has 0 bridgehead atoms. The summed E-state index contributed by atoms with van der Waals surface area (Å²) in [5.41, 5.74) is 0.843. The van der Waals surface area contributed by atoms with Crippen molar-refractivity contribution in [2.24, 2.45) is 0 Å². The van der Waals surface area contributed by atoms with Gasteiger partial charge < -0.3 is 9.47 Å². The van der Waals surface area contributed by atoms with E-state index in [9.17, 15) is 27.2 Å². The molecule has 3 aromatic rings. The van der Waals surface area contributed by atoms with E-state index in [-0.39, 0.29) is 22.7 Å². The van der Waals surface area contributed by atoms with Gasteiger partial charge in [-0.25, -0.2) is 22.5 Å². The fourth-order valence-electron chi connectivity index (χ4n) is 3.99. The molecule has 1 heterocycles. The summed E-state index contributed by atoms with van der Waals surface area (Å²) in [6.07, 6.45) is -0.395. The van der Waals surface area contributed by atoms with Gasteiger partial charge in [-0.1, -0.05) is 12.1 Å². The van der Waals surface area contributed by atoms with Crippen LogP contribution >= 0.6 is 0 Å². The van der Waals surface area contributed by atoms with Crippen molar-refractivity contribution >= 4 is 33.5 Å². The number of hydrogen-bond acceptors (Lipinski definition) is 7. The molecule has 1 saturated heterocycles. The average Bonchev–Trinajstić information content (AvgIpc) is 3.20. The third-order valence-electron chi connectivity index (χ3n) is 5.93. The van der Waals surface area contributed by atoms with E-state index in [0.717, 1.165) is 9.21 Å². The Labute approximate surface area is 213 Å². The summed E-state index contributed by atoms with van der Waals surface area (Å²) in [7, 11) is -1.60. The largest absolute Gasteiger partial charge is 0.497 e. The fourth-order valence-corrected chi connectivity index (χ4v) is 5.56. The molecule has 192 valence electrons. The number of imide groups is 1. The number of rotatable bonds is 8. The van der Waals surface area contributed by atoms with E-state index in [1.54, 1.807) is 0 Å². The summed E-state index contributed by atoms with van der Waals surface area (Å²) in [6.45, 7) is -0.270. The van der Waals surface area contributed by atoms with Gasteiger partial charge in [0.2, 0.25) is 15.9 Å². The van der Waals surface area contributed by atoms with Gasteiger partial charge in [0.1, 0.15) is 17.6 Å². The standard InChI is InChI=1S/C26H23FN2O7S/c1-35-21-11-13-22(14-12-21)37(33,34)28(16-17-3-7-19(27)8-4-17)23-15-24(30)29(25(23)31)20-9-5-18(6-10-20)26(32)36-2/h3-14,23H,15-16H2,1-2H3. The quantitative estimate of drug-likeness (QED) is 0.328. The number of halogens is 1. The van der Waals surface area contributed by atoms with Crippen molar-refractivity contribution in [3.8, 4) is 5.75 Å². The van der Waals surface area contributed by atoms with E-state index < -0.39 is 46.1 Å². The SMILES string of the molecule is COC(=O)c1ccc(N2C(=O)CC(N(Cc3ccc(F)cc3)S(=O)(=O)c3ccc(OC)cc3)C2=O)cc1. The first-order chi connectivity index (χ1) is 17.6. The summed E-state index contributed by atoms with van der Waals surface area (Å²) in [5, 5.41) is 0. The summed E-state index contributed by atoms with van der Waals surface area (Å²) in [5.74, 6) is -1.98. The molecule has 1 atom stereocenters. The number of esters is 1. The molecule has 3 aromatic carbocycles. The molecular formula is C26H23FN2O7S. The number of methoxy groups -OCH3 is 2. The number of sulfonamides is 1. The Kier molecular flexibility index (Phi) is 7.37. The zero-order chi connectivity index (χ0) is 26.7. The van der Waals surface area contributed by atoms with Crippen molar-refractivity contribution in [1.82, 2.24) is 4.31 Å². The number of benzene rings is 3. The second-order valence-corrected chi connectivity index (χ2v) is 10.1. The molecule has 2 amide bonds. The molecule has 37 heavy (non-hydrogen) atoms. The molecule has 1 aliphatic rings. The Balaban J connectivity index is 1.71. The first-order valence-corrected chi connectivity index (χ1v) is 12.5. The third kappa shape index (κ3) is 5.23. The van der Waals surface area contributed by atoms with Gasteiger partial charge in [0.25, 0.3) is 5.91 Å². The summed E-state index contributed by atoms with van der Waals surface area (Å²) in [4.78, 5) is 38.9. The lowest BCUT2D eigenvalue weighted by molar-refractivity contribution is -0.122. The van der Waals surface area contributed by atoms with E-state index in [2.05, 4.69) is 4.74 Å². The highest BCUT2D eigenvalue weighted by atomic mass is 32.2. The minimum Gasteiger partial charge on any atom is -0.497 e. The maximum absolute atomic E-state index is 13.7. The van der Waals surface area contributed by atoms with Crippen molar-refractivity contribution in [2.45, 2.75) is 23.9 Å². The van der Waals surface area contributed by atoms with Gasteiger partial charge in [-0.2, -0.15) is 4.31 Å². The van der Waals surface area contributed by atoms with Crippen LogP contribution in [0.4, 0.5) is 10.1 Å². The Morgan fingerprint density at radius 3 is 2.16 bits per heavy atom. The Morgan fingerprint density at radius 1 is 0.973 bits per heavy atom. The van der Waals surface area contributed by atoms with Crippen molar-refractivity contribution < 1.29 is 36.7 Å². The lowest BCUT2D eigenvalue weighted by Crippen LogP contribution is -2.45. The van der Waals surface area contributed by atoms with Crippen LogP contribution in [-0.4, -0.2) is 50.8 Å². The molecule has 1 unspecified atom stereocenters. The van der Waals surface area contributed by atoms with E-state index in [1.807, 2.05) is 0 Å². The third-order valence-corrected chi connectivity index (χ3v) is 7.80. The van der Waals surface area contributed by atoms with Gasteiger partial charge in [-0.05, 0) is 66.2 Å². The van der Waals surface area contributed by atoms with E-state index in [1.165, 1.54) is 87.0 Å². The molecule has 0 aliphatic carbocycles. The minimum absolute atomic E-state index is 0.100. The Morgan fingerprint density at radius 2 is 1.59 bits per heavy atom. The smallest absolute Gasteiger partial charge is 0.337 e. The molecule has 11 heteroatoms. The second-order valence-electron chi connectivity index (χ2n) is 8.18. The molecule has 0 saturated carbocycles. The molecule has 9 nitrogen and oxygen atoms in total. The van der Waals surface area contributed by atoms with Crippen LogP contribution in [-0.2, 0) is 30.9 Å². The minimum atomic E-state index is -4.28. The van der Waals surface area contributed by atoms with Crippen LogP contribution in [0.5, 0.6) is 5.75 Å². The maximum Gasteiger partial charge on any atom is 0.337 e. The highest BCUT2D eigenvalue weighted by molar-refractivity contribution is 7.89. The van der Waals surface area contributed by atoms with E-state index >= 15 is 0 Å². The topological polar surface area (TPSA) is 110 Å². The van der Waals surface area contributed by atoms with Crippen LogP contribution < -0.4 is 9.64 Å². The van der Waals surface area contributed by atoms with Crippen molar-refractivity contribution in [1.29, 1.82) is 0 Å². The number of carbonyl (C=O) groups is 3. The molecule has 4 rings (SSSR count). The van der Waals surface area contributed by atoms with E-state index in [4.69, 9.17) is 4.74 Å². The van der Waals surface area contributed by atoms with Crippen LogP contribution in [0.25, 0.3) is 0 Å². The first kappa shape index (κ1) is 26.0. The Hall–Kier alpha value is -4.09. The van der Waals surface area contributed by atoms with Crippen molar-refractivity contribution in [2.75, 3.05) is 19.1 Å². The second kappa shape index (κ2) is 10.5. The van der Waals surface area contributed by atoms with Crippen LogP contribution in [0.3, 0.4) is 0 Å². The predicted octanol–water partition coefficient (Wildman–Crippen LogP) is 3.14. The summed E-state index contributed by atoms with van der Waals surface area (Å²) >= 11 is 0. The molecule has 0 radical (unpaired) electrons. The fraction of sp³-hybridized carbons (Fsp3) is 0.192. The Bertz CT molecular complexity index is 1420. The monoisotopic (exact) mass is 526 g/mol. The van der Waals surface area contributed by atoms with E-state index in [0.29, 0.717) is 11.3 Å². The maximum atomic E-state index is 13.7. The number of carbonyl (C=O) groups excluding carboxylic acids is 3. The van der Waals surface area contributed by atoms with Gasteiger partial charge >= 0.3 is 5.97 Å². The van der Waals surface area contributed by atoms with Crippen molar-refractivity contribution in [3.05, 3.63) is 89.7 Å². The van der Waals surface area contributed by atoms with Crippen LogP contribution in [0, 0.1) is 5.82 Å². The number of hydrogen-bond donors (Lipinski definition) is 0. The number of ether oxygens (including phenoxy) is 2. The highest BCUT2D eigenvalue weighted by Gasteiger charge is 2.47. The highest BCUT2D eigenvalue weighted by Crippen LogP contribution is 2.31.